The highest BCUT2D eigenvalue weighted by Crippen LogP contribution is 2.18. The van der Waals surface area contributed by atoms with Crippen molar-refractivity contribution in [2.75, 3.05) is 23.3 Å². The van der Waals surface area contributed by atoms with E-state index in [1.165, 1.54) is 5.69 Å². The van der Waals surface area contributed by atoms with E-state index >= 15 is 0 Å². The SMILES string of the molecule is CCCc1noc(CCCC(=O)Nc2ccc(N(CC)CC)cc2)n1. The first-order valence-corrected chi connectivity index (χ1v) is 9.12. The number of carbonyl (C=O) groups is 1. The minimum absolute atomic E-state index is 0.00360. The fraction of sp³-hybridized carbons (Fsp3) is 0.526. The van der Waals surface area contributed by atoms with Crippen LogP contribution in [-0.4, -0.2) is 29.1 Å². The molecular formula is C19H28N4O2. The molecule has 1 aromatic heterocycles. The van der Waals surface area contributed by atoms with Gasteiger partial charge in [-0.05, 0) is 51.0 Å². The second-order valence-electron chi connectivity index (χ2n) is 5.98. The van der Waals surface area contributed by atoms with Crippen LogP contribution < -0.4 is 10.2 Å². The first-order chi connectivity index (χ1) is 12.2. The normalized spacial score (nSPS) is 10.7. The van der Waals surface area contributed by atoms with Crippen LogP contribution in [-0.2, 0) is 17.6 Å². The fourth-order valence-corrected chi connectivity index (χ4v) is 2.68. The number of aryl methyl sites for hydroxylation is 2. The molecule has 2 aromatic rings. The summed E-state index contributed by atoms with van der Waals surface area (Å²) in [6, 6.07) is 7.97. The lowest BCUT2D eigenvalue weighted by molar-refractivity contribution is -0.116. The lowest BCUT2D eigenvalue weighted by Gasteiger charge is -2.21. The summed E-state index contributed by atoms with van der Waals surface area (Å²) in [6.07, 6.45) is 3.58. The summed E-state index contributed by atoms with van der Waals surface area (Å²) in [5.41, 5.74) is 1.99. The Hall–Kier alpha value is -2.37. The van der Waals surface area contributed by atoms with Crippen molar-refractivity contribution in [3.63, 3.8) is 0 Å². The predicted octanol–water partition coefficient (Wildman–Crippen LogP) is 3.83. The van der Waals surface area contributed by atoms with Crippen LogP contribution in [0.1, 0.15) is 51.7 Å². The lowest BCUT2D eigenvalue weighted by Crippen LogP contribution is -2.21. The molecule has 6 nitrogen and oxygen atoms in total. The van der Waals surface area contributed by atoms with Crippen molar-refractivity contribution in [1.82, 2.24) is 10.1 Å². The van der Waals surface area contributed by atoms with Gasteiger partial charge in [-0.15, -0.1) is 0 Å². The number of hydrogen-bond acceptors (Lipinski definition) is 5. The highest BCUT2D eigenvalue weighted by molar-refractivity contribution is 5.90. The molecule has 0 spiro atoms. The van der Waals surface area contributed by atoms with Crippen molar-refractivity contribution in [3.8, 4) is 0 Å². The minimum atomic E-state index is 0.00360. The monoisotopic (exact) mass is 344 g/mol. The number of nitrogens with zero attached hydrogens (tertiary/aromatic N) is 3. The van der Waals surface area contributed by atoms with Crippen LogP contribution in [0.15, 0.2) is 28.8 Å². The van der Waals surface area contributed by atoms with Crippen LogP contribution in [0.25, 0.3) is 0 Å². The molecule has 0 aliphatic heterocycles. The summed E-state index contributed by atoms with van der Waals surface area (Å²) in [7, 11) is 0. The van der Waals surface area contributed by atoms with Crippen LogP contribution in [0, 0.1) is 0 Å². The number of rotatable bonds is 10. The number of aromatic nitrogens is 2. The maximum absolute atomic E-state index is 12.1. The molecule has 0 atom stereocenters. The van der Waals surface area contributed by atoms with Gasteiger partial charge in [-0.2, -0.15) is 4.98 Å². The molecule has 0 aliphatic carbocycles. The van der Waals surface area contributed by atoms with Crippen LogP contribution in [0.4, 0.5) is 11.4 Å². The summed E-state index contributed by atoms with van der Waals surface area (Å²) in [6.45, 7) is 8.28. The second-order valence-corrected chi connectivity index (χ2v) is 5.98. The Morgan fingerprint density at radius 1 is 1.12 bits per heavy atom. The Labute approximate surface area is 149 Å². The van der Waals surface area contributed by atoms with Gasteiger partial charge in [-0.1, -0.05) is 12.1 Å². The molecule has 1 amide bonds. The molecule has 0 saturated carbocycles. The van der Waals surface area contributed by atoms with Gasteiger partial charge >= 0.3 is 0 Å². The van der Waals surface area contributed by atoms with Crippen molar-refractivity contribution >= 4 is 17.3 Å². The van der Waals surface area contributed by atoms with E-state index in [2.05, 4.69) is 41.1 Å². The zero-order valence-electron chi connectivity index (χ0n) is 15.4. The van der Waals surface area contributed by atoms with E-state index in [0.717, 1.165) is 37.4 Å². The minimum Gasteiger partial charge on any atom is -0.372 e. The zero-order valence-corrected chi connectivity index (χ0v) is 15.4. The van der Waals surface area contributed by atoms with Crippen LogP contribution in [0.3, 0.4) is 0 Å². The molecule has 1 heterocycles. The van der Waals surface area contributed by atoms with E-state index in [4.69, 9.17) is 4.52 Å². The molecular weight excluding hydrogens is 316 g/mol. The Morgan fingerprint density at radius 3 is 2.48 bits per heavy atom. The standard InChI is InChI=1S/C19H28N4O2/c1-4-8-17-21-19(25-22-17)10-7-9-18(24)20-15-11-13-16(14-12-15)23(5-2)6-3/h11-14H,4-10H2,1-3H3,(H,20,24). The maximum atomic E-state index is 12.1. The quantitative estimate of drug-likeness (QED) is 0.709. The first-order valence-electron chi connectivity index (χ1n) is 9.12. The van der Waals surface area contributed by atoms with Gasteiger partial charge in [0, 0.05) is 43.7 Å². The van der Waals surface area contributed by atoms with Crippen LogP contribution in [0.5, 0.6) is 0 Å². The number of amides is 1. The van der Waals surface area contributed by atoms with E-state index in [1.807, 2.05) is 24.3 Å². The van der Waals surface area contributed by atoms with Gasteiger partial charge < -0.3 is 14.7 Å². The third-order valence-electron chi connectivity index (χ3n) is 4.06. The molecule has 1 N–H and O–H groups in total. The number of nitrogens with one attached hydrogen (secondary N) is 1. The summed E-state index contributed by atoms with van der Waals surface area (Å²) in [5.74, 6) is 1.36. The number of hydrogen-bond donors (Lipinski definition) is 1. The van der Waals surface area contributed by atoms with Crippen molar-refractivity contribution in [2.45, 2.75) is 52.9 Å². The molecule has 0 unspecified atom stereocenters. The Kier molecular flexibility index (Phi) is 7.44. The van der Waals surface area contributed by atoms with Crippen molar-refractivity contribution in [3.05, 3.63) is 36.0 Å². The van der Waals surface area contributed by atoms with E-state index in [-0.39, 0.29) is 5.91 Å². The number of benzene rings is 1. The van der Waals surface area contributed by atoms with E-state index in [9.17, 15) is 4.79 Å². The molecule has 1 aromatic carbocycles. The third kappa shape index (κ3) is 5.89. The Morgan fingerprint density at radius 2 is 1.84 bits per heavy atom. The van der Waals surface area contributed by atoms with Gasteiger partial charge in [0.15, 0.2) is 5.82 Å². The average molecular weight is 344 g/mol. The van der Waals surface area contributed by atoms with Crippen molar-refractivity contribution in [1.29, 1.82) is 0 Å². The molecule has 2 rings (SSSR count). The Balaban J connectivity index is 1.76. The molecule has 0 fully saturated rings. The van der Waals surface area contributed by atoms with Gasteiger partial charge in [0.25, 0.3) is 0 Å². The van der Waals surface area contributed by atoms with Gasteiger partial charge in [0.2, 0.25) is 11.8 Å². The molecule has 0 radical (unpaired) electrons. The summed E-state index contributed by atoms with van der Waals surface area (Å²) in [5, 5.41) is 6.85. The highest BCUT2D eigenvalue weighted by Gasteiger charge is 2.08. The first kappa shape index (κ1) is 19.0. The zero-order chi connectivity index (χ0) is 18.1. The van der Waals surface area contributed by atoms with Gasteiger partial charge in [0.1, 0.15) is 0 Å². The van der Waals surface area contributed by atoms with E-state index in [0.29, 0.717) is 25.2 Å². The fourth-order valence-electron chi connectivity index (χ4n) is 2.68. The summed E-state index contributed by atoms with van der Waals surface area (Å²) >= 11 is 0. The number of carbonyl (C=O) groups excluding carboxylic acids is 1. The lowest BCUT2D eigenvalue weighted by atomic mass is 10.2. The predicted molar refractivity (Wildman–Crippen MR) is 99.9 cm³/mol. The smallest absolute Gasteiger partial charge is 0.226 e. The number of anilines is 2. The molecule has 6 heteroatoms. The Bertz CT molecular complexity index is 648. The highest BCUT2D eigenvalue weighted by atomic mass is 16.5. The van der Waals surface area contributed by atoms with Gasteiger partial charge in [-0.3, -0.25) is 4.79 Å². The van der Waals surface area contributed by atoms with Gasteiger partial charge in [0.05, 0.1) is 0 Å². The largest absolute Gasteiger partial charge is 0.372 e. The van der Waals surface area contributed by atoms with Crippen LogP contribution in [0.2, 0.25) is 0 Å². The average Bonchev–Trinajstić information content (AvgIpc) is 3.05. The maximum Gasteiger partial charge on any atom is 0.226 e. The molecule has 136 valence electrons. The molecule has 0 saturated heterocycles. The molecule has 0 bridgehead atoms. The summed E-state index contributed by atoms with van der Waals surface area (Å²) in [4.78, 5) is 18.6. The van der Waals surface area contributed by atoms with E-state index < -0.39 is 0 Å². The van der Waals surface area contributed by atoms with Crippen molar-refractivity contribution in [2.24, 2.45) is 0 Å². The molecule has 25 heavy (non-hydrogen) atoms. The molecule has 0 aliphatic rings. The third-order valence-corrected chi connectivity index (χ3v) is 4.06. The van der Waals surface area contributed by atoms with Crippen molar-refractivity contribution < 1.29 is 9.32 Å². The van der Waals surface area contributed by atoms with Gasteiger partial charge in [-0.25, -0.2) is 0 Å². The van der Waals surface area contributed by atoms with Crippen LogP contribution >= 0.6 is 0 Å². The second kappa shape index (κ2) is 9.81. The summed E-state index contributed by atoms with van der Waals surface area (Å²) < 4.78 is 5.18. The van der Waals surface area contributed by atoms with E-state index in [1.54, 1.807) is 0 Å². The topological polar surface area (TPSA) is 71.3 Å².